The van der Waals surface area contributed by atoms with Gasteiger partial charge in [-0.05, 0) is 72.6 Å². The highest BCUT2D eigenvalue weighted by molar-refractivity contribution is 4.75. The fourth-order valence-corrected chi connectivity index (χ4v) is 3.36. The maximum Gasteiger partial charge on any atom is 0.0806 e. The van der Waals surface area contributed by atoms with Crippen molar-refractivity contribution in [1.29, 1.82) is 0 Å². The second-order valence-corrected chi connectivity index (χ2v) is 10.4. The van der Waals surface area contributed by atoms with Crippen molar-refractivity contribution in [1.82, 2.24) is 0 Å². The van der Waals surface area contributed by atoms with Crippen LogP contribution in [0.5, 0.6) is 0 Å². The van der Waals surface area contributed by atoms with Crippen LogP contribution in [0, 0.1) is 0 Å². The number of ether oxygens (including phenoxy) is 4. The van der Waals surface area contributed by atoms with E-state index in [0.717, 1.165) is 58.0 Å². The normalized spacial score (nSPS) is 16.7. The Hall–Kier alpha value is -0.240. The summed E-state index contributed by atoms with van der Waals surface area (Å²) in [6.45, 7) is 19.7. The summed E-state index contributed by atoms with van der Waals surface area (Å²) in [5.74, 6) is 0. The highest BCUT2D eigenvalue weighted by Crippen LogP contribution is 2.23. The van der Waals surface area contributed by atoms with Gasteiger partial charge < -0.3 is 30.4 Å². The maximum atomic E-state index is 6.21. The van der Waals surface area contributed by atoms with E-state index >= 15 is 0 Å². The van der Waals surface area contributed by atoms with E-state index in [1.165, 1.54) is 0 Å². The zero-order chi connectivity index (χ0) is 24.6. The first-order chi connectivity index (χ1) is 15.0. The van der Waals surface area contributed by atoms with Crippen molar-refractivity contribution < 1.29 is 18.9 Å². The molecule has 0 amide bonds. The van der Waals surface area contributed by atoms with Gasteiger partial charge in [0.05, 0.1) is 43.2 Å². The van der Waals surface area contributed by atoms with Crippen LogP contribution in [-0.4, -0.2) is 61.9 Å². The van der Waals surface area contributed by atoms with Gasteiger partial charge in [-0.15, -0.1) is 0 Å². The Balaban J connectivity index is 4.16. The van der Waals surface area contributed by atoms with Gasteiger partial charge >= 0.3 is 0 Å². The number of hydrogen-bond donors (Lipinski definition) is 2. The van der Waals surface area contributed by atoms with Crippen molar-refractivity contribution in [2.24, 2.45) is 11.5 Å². The van der Waals surface area contributed by atoms with Gasteiger partial charge in [0.2, 0.25) is 0 Å². The van der Waals surface area contributed by atoms with Crippen LogP contribution in [-0.2, 0) is 18.9 Å². The first-order valence-electron chi connectivity index (χ1n) is 13.0. The van der Waals surface area contributed by atoms with Crippen LogP contribution in [0.4, 0.5) is 0 Å². The van der Waals surface area contributed by atoms with E-state index in [2.05, 4.69) is 55.4 Å². The van der Waals surface area contributed by atoms with Crippen LogP contribution in [0.2, 0.25) is 0 Å². The standard InChI is InChI=1S/C26H56N2O4/c1-9-21(27)18-29-23(11-3)17-26(7,8)31-16-14-13-15-25(5,6)32-20-24(12-4)30-19-22(28)10-2/h21-24H,9-20,27-28H2,1-8H3. The van der Waals surface area contributed by atoms with Crippen molar-refractivity contribution in [2.45, 2.75) is 142 Å². The van der Waals surface area contributed by atoms with Gasteiger partial charge in [-0.1, -0.05) is 27.7 Å². The Kier molecular flexibility index (Phi) is 17.1. The highest BCUT2D eigenvalue weighted by atomic mass is 16.5. The van der Waals surface area contributed by atoms with Crippen molar-refractivity contribution in [3.63, 3.8) is 0 Å². The second kappa shape index (κ2) is 17.2. The number of unbranched alkanes of at least 4 members (excludes halogenated alkanes) is 1. The van der Waals surface area contributed by atoms with E-state index in [9.17, 15) is 0 Å². The van der Waals surface area contributed by atoms with Crippen molar-refractivity contribution in [3.8, 4) is 0 Å². The lowest BCUT2D eigenvalue weighted by Gasteiger charge is -2.31. The summed E-state index contributed by atoms with van der Waals surface area (Å²) in [4.78, 5) is 0. The molecule has 4 unspecified atom stereocenters. The van der Waals surface area contributed by atoms with Gasteiger partial charge in [-0.3, -0.25) is 0 Å². The van der Waals surface area contributed by atoms with Gasteiger partial charge in [-0.25, -0.2) is 0 Å². The molecule has 4 N–H and O–H groups in total. The molecule has 0 aromatic rings. The third-order valence-electron chi connectivity index (χ3n) is 6.10. The molecule has 0 aliphatic carbocycles. The minimum atomic E-state index is -0.200. The van der Waals surface area contributed by atoms with Crippen LogP contribution in [0.15, 0.2) is 0 Å². The lowest BCUT2D eigenvalue weighted by atomic mass is 9.98. The minimum Gasteiger partial charge on any atom is -0.377 e. The van der Waals surface area contributed by atoms with Gasteiger partial charge in [0.1, 0.15) is 0 Å². The van der Waals surface area contributed by atoms with Gasteiger partial charge in [0.25, 0.3) is 0 Å². The van der Waals surface area contributed by atoms with Crippen molar-refractivity contribution in [3.05, 3.63) is 0 Å². The molecule has 0 radical (unpaired) electrons. The summed E-state index contributed by atoms with van der Waals surface area (Å²) >= 11 is 0. The summed E-state index contributed by atoms with van der Waals surface area (Å²) in [7, 11) is 0. The molecule has 0 aromatic carbocycles. The van der Waals surface area contributed by atoms with Crippen LogP contribution in [0.1, 0.15) is 107 Å². The molecule has 194 valence electrons. The van der Waals surface area contributed by atoms with Gasteiger partial charge in [0, 0.05) is 25.1 Å². The van der Waals surface area contributed by atoms with Gasteiger partial charge in [-0.2, -0.15) is 0 Å². The number of rotatable bonds is 21. The quantitative estimate of drug-likeness (QED) is 0.229. The molecule has 0 saturated heterocycles. The zero-order valence-corrected chi connectivity index (χ0v) is 22.6. The highest BCUT2D eigenvalue weighted by Gasteiger charge is 2.25. The molecule has 0 saturated carbocycles. The molecular formula is C26H56N2O4. The van der Waals surface area contributed by atoms with Crippen molar-refractivity contribution in [2.75, 3.05) is 26.4 Å². The summed E-state index contributed by atoms with van der Waals surface area (Å²) in [6, 6.07) is 0.223. The molecule has 0 aliphatic rings. The Morgan fingerprint density at radius 2 is 1.16 bits per heavy atom. The summed E-state index contributed by atoms with van der Waals surface area (Å²) < 4.78 is 24.3. The summed E-state index contributed by atoms with van der Waals surface area (Å²) in [6.07, 6.45) is 8.05. The molecule has 0 bridgehead atoms. The van der Waals surface area contributed by atoms with Crippen molar-refractivity contribution >= 4 is 0 Å². The second-order valence-electron chi connectivity index (χ2n) is 10.4. The zero-order valence-electron chi connectivity index (χ0n) is 22.6. The first-order valence-corrected chi connectivity index (χ1v) is 13.0. The third-order valence-corrected chi connectivity index (χ3v) is 6.10. The topological polar surface area (TPSA) is 89.0 Å². The molecular weight excluding hydrogens is 404 g/mol. The molecule has 0 spiro atoms. The van der Waals surface area contributed by atoms with E-state index in [1.54, 1.807) is 0 Å². The summed E-state index contributed by atoms with van der Waals surface area (Å²) in [5.41, 5.74) is 11.6. The Morgan fingerprint density at radius 1 is 0.625 bits per heavy atom. The lowest BCUT2D eigenvalue weighted by Crippen LogP contribution is -2.34. The average Bonchev–Trinajstić information content (AvgIpc) is 2.75. The third kappa shape index (κ3) is 16.4. The van der Waals surface area contributed by atoms with E-state index in [-0.39, 0.29) is 35.5 Å². The fourth-order valence-electron chi connectivity index (χ4n) is 3.36. The predicted molar refractivity (Wildman–Crippen MR) is 135 cm³/mol. The van der Waals surface area contributed by atoms with Crippen LogP contribution in [0.3, 0.4) is 0 Å². The molecule has 0 aliphatic heterocycles. The molecule has 6 heteroatoms. The minimum absolute atomic E-state index is 0.106. The van der Waals surface area contributed by atoms with Crippen LogP contribution in [0.25, 0.3) is 0 Å². The van der Waals surface area contributed by atoms with Gasteiger partial charge in [0.15, 0.2) is 0 Å². The lowest BCUT2D eigenvalue weighted by molar-refractivity contribution is -0.0894. The predicted octanol–water partition coefficient (Wildman–Crippen LogP) is 5.20. The molecule has 0 fully saturated rings. The van der Waals surface area contributed by atoms with E-state index in [1.807, 2.05) is 0 Å². The number of nitrogens with two attached hydrogens (primary N) is 2. The largest absolute Gasteiger partial charge is 0.377 e. The smallest absolute Gasteiger partial charge is 0.0806 e. The van der Waals surface area contributed by atoms with E-state index in [0.29, 0.717) is 19.8 Å². The summed E-state index contributed by atoms with van der Waals surface area (Å²) in [5, 5.41) is 0. The molecule has 0 heterocycles. The molecule has 0 rings (SSSR count). The number of hydrogen-bond acceptors (Lipinski definition) is 6. The molecule has 0 aromatic heterocycles. The van der Waals surface area contributed by atoms with E-state index < -0.39 is 0 Å². The van der Waals surface area contributed by atoms with Crippen LogP contribution < -0.4 is 11.5 Å². The maximum absolute atomic E-state index is 6.21. The SMILES string of the molecule is CCC(N)COC(CC)COC(C)(C)CCCCOC(C)(C)CC(CC)OCC(N)CC. The molecule has 4 atom stereocenters. The van der Waals surface area contributed by atoms with Crippen LogP contribution >= 0.6 is 0 Å². The Labute approximate surface area is 199 Å². The Morgan fingerprint density at radius 3 is 1.66 bits per heavy atom. The van der Waals surface area contributed by atoms with E-state index in [4.69, 9.17) is 30.4 Å². The fraction of sp³-hybridized carbons (Fsp3) is 1.00. The first kappa shape index (κ1) is 31.8. The molecule has 32 heavy (non-hydrogen) atoms. The average molecular weight is 461 g/mol. The molecule has 6 nitrogen and oxygen atoms in total. The monoisotopic (exact) mass is 460 g/mol. The Bertz CT molecular complexity index is 446.